The number of fused-ring (bicyclic) bond motifs is 3. The van der Waals surface area contributed by atoms with Crippen LogP contribution in [0.15, 0.2) is 12.3 Å². The topological polar surface area (TPSA) is 30.0 Å². The summed E-state index contributed by atoms with van der Waals surface area (Å²) < 4.78 is 0. The summed E-state index contributed by atoms with van der Waals surface area (Å²) in [6, 6.07) is 1.89. The number of carbonyl (C=O) groups is 1. The summed E-state index contributed by atoms with van der Waals surface area (Å²) in [6.45, 7) is 0. The molecule has 0 aromatic carbocycles. The largest absolute Gasteiger partial charge is 0.292 e. The first-order valence-corrected chi connectivity index (χ1v) is 4.07. The van der Waals surface area contributed by atoms with Crippen LogP contribution in [0.3, 0.4) is 0 Å². The number of nitrogens with zero attached hydrogens (tertiary/aromatic N) is 1. The molecule has 2 aliphatic rings. The molecule has 2 radical (unpaired) electrons. The van der Waals surface area contributed by atoms with Gasteiger partial charge in [-0.15, -0.1) is 0 Å². The van der Waals surface area contributed by atoms with Crippen LogP contribution in [0.2, 0.25) is 0 Å². The Morgan fingerprint density at radius 1 is 1.50 bits per heavy atom. The van der Waals surface area contributed by atoms with E-state index < -0.39 is 0 Å². The Morgan fingerprint density at radius 2 is 2.33 bits per heavy atom. The van der Waals surface area contributed by atoms with Gasteiger partial charge in [0, 0.05) is 12.1 Å². The van der Waals surface area contributed by atoms with Crippen molar-refractivity contribution in [3.8, 4) is 0 Å². The molecule has 12 heavy (non-hydrogen) atoms. The summed E-state index contributed by atoms with van der Waals surface area (Å²) in [4.78, 5) is 15.5. The van der Waals surface area contributed by atoms with E-state index in [4.69, 9.17) is 7.85 Å². The van der Waals surface area contributed by atoms with Crippen molar-refractivity contribution in [2.24, 2.45) is 5.92 Å². The van der Waals surface area contributed by atoms with E-state index >= 15 is 0 Å². The van der Waals surface area contributed by atoms with Crippen molar-refractivity contribution < 1.29 is 4.79 Å². The molecule has 2 atom stereocenters. The first kappa shape index (κ1) is 6.41. The van der Waals surface area contributed by atoms with E-state index in [-0.39, 0.29) is 11.7 Å². The predicted octanol–water partition coefficient (Wildman–Crippen LogP) is 0.175. The van der Waals surface area contributed by atoms with Crippen molar-refractivity contribution in [2.45, 2.75) is 12.3 Å². The van der Waals surface area contributed by atoms with Gasteiger partial charge in [-0.25, -0.2) is 0 Å². The Hall–Kier alpha value is -1.12. The highest BCUT2D eigenvalue weighted by Crippen LogP contribution is 2.54. The molecular weight excluding hydrogens is 149 g/mol. The molecule has 56 valence electrons. The normalized spacial score (nSPS) is 29.8. The minimum absolute atomic E-state index is 0.218. The van der Waals surface area contributed by atoms with Crippen molar-refractivity contribution in [2.75, 3.05) is 0 Å². The first-order chi connectivity index (χ1) is 5.77. The molecule has 1 fully saturated rings. The number of Topliss-reactive ketones (excluding diaryl/α,β-unsaturated/α-hetero) is 1. The van der Waals surface area contributed by atoms with Gasteiger partial charge in [0.05, 0.1) is 0 Å². The van der Waals surface area contributed by atoms with Crippen LogP contribution in [0, 0.1) is 5.92 Å². The molecule has 0 bridgehead atoms. The molecule has 3 heteroatoms. The Morgan fingerprint density at radius 3 is 3.17 bits per heavy atom. The Kier molecular flexibility index (Phi) is 0.955. The zero-order chi connectivity index (χ0) is 8.29. The number of pyridine rings is 1. The standard InChI is InChI=1S/C9H6BNO/c10-4-1-6-5-2-7(5)9(12)8(6)11-3-4/h1,3,5,7H,2H2. The van der Waals surface area contributed by atoms with Crippen LogP contribution in [0.1, 0.15) is 28.4 Å². The summed E-state index contributed by atoms with van der Waals surface area (Å²) in [5.41, 5.74) is 2.39. The third kappa shape index (κ3) is 0.619. The average Bonchev–Trinajstić information content (AvgIpc) is 2.77. The summed E-state index contributed by atoms with van der Waals surface area (Å²) in [5, 5.41) is 0. The number of aromatic nitrogens is 1. The van der Waals surface area contributed by atoms with Gasteiger partial charge in [-0.2, -0.15) is 0 Å². The second kappa shape index (κ2) is 1.79. The van der Waals surface area contributed by atoms with Gasteiger partial charge < -0.3 is 0 Å². The van der Waals surface area contributed by atoms with E-state index in [9.17, 15) is 4.79 Å². The fourth-order valence-corrected chi connectivity index (χ4v) is 1.99. The van der Waals surface area contributed by atoms with Gasteiger partial charge in [0.25, 0.3) is 0 Å². The molecule has 1 saturated carbocycles. The van der Waals surface area contributed by atoms with Gasteiger partial charge in [-0.05, 0) is 17.9 Å². The SMILES string of the molecule is [B]c1cnc2c(c1)C1CC1C2=O. The highest BCUT2D eigenvalue weighted by molar-refractivity contribution is 6.32. The molecule has 2 unspecified atom stereocenters. The van der Waals surface area contributed by atoms with Crippen LogP contribution in [-0.2, 0) is 0 Å². The van der Waals surface area contributed by atoms with Gasteiger partial charge in [0.1, 0.15) is 13.5 Å². The van der Waals surface area contributed by atoms with Gasteiger partial charge in [0.15, 0.2) is 5.78 Å². The molecule has 3 rings (SSSR count). The van der Waals surface area contributed by atoms with E-state index in [1.54, 1.807) is 6.20 Å². The summed E-state index contributed by atoms with van der Waals surface area (Å²) >= 11 is 0. The highest BCUT2D eigenvalue weighted by Gasteiger charge is 2.52. The molecule has 0 saturated heterocycles. The van der Waals surface area contributed by atoms with E-state index in [0.717, 1.165) is 12.0 Å². The quantitative estimate of drug-likeness (QED) is 0.500. The lowest BCUT2D eigenvalue weighted by molar-refractivity contribution is 0.0970. The molecule has 2 aliphatic carbocycles. The fourth-order valence-electron chi connectivity index (χ4n) is 1.99. The number of ketones is 1. The summed E-state index contributed by atoms with van der Waals surface area (Å²) in [6.07, 6.45) is 2.57. The lowest BCUT2D eigenvalue weighted by Gasteiger charge is -2.00. The minimum atomic E-state index is 0.218. The summed E-state index contributed by atoms with van der Waals surface area (Å²) in [5.74, 6) is 0.910. The molecule has 0 spiro atoms. The molecule has 0 aliphatic heterocycles. The Bertz CT molecular complexity index is 388. The van der Waals surface area contributed by atoms with Crippen molar-refractivity contribution in [1.82, 2.24) is 4.98 Å². The lowest BCUT2D eigenvalue weighted by atomic mass is 9.95. The zero-order valence-corrected chi connectivity index (χ0v) is 6.45. The molecule has 1 aromatic heterocycles. The number of carbonyl (C=O) groups excluding carboxylic acids is 1. The zero-order valence-electron chi connectivity index (χ0n) is 6.45. The Balaban J connectivity index is 2.26. The molecule has 0 N–H and O–H groups in total. The van der Waals surface area contributed by atoms with Gasteiger partial charge in [-0.3, -0.25) is 9.78 Å². The van der Waals surface area contributed by atoms with E-state index in [2.05, 4.69) is 4.98 Å². The number of hydrogen-bond acceptors (Lipinski definition) is 2. The van der Waals surface area contributed by atoms with Crippen LogP contribution < -0.4 is 5.46 Å². The third-order valence-corrected chi connectivity index (χ3v) is 2.70. The van der Waals surface area contributed by atoms with E-state index in [1.807, 2.05) is 6.07 Å². The third-order valence-electron chi connectivity index (χ3n) is 2.70. The lowest BCUT2D eigenvalue weighted by Crippen LogP contribution is -2.09. The van der Waals surface area contributed by atoms with Crippen molar-refractivity contribution in [3.63, 3.8) is 0 Å². The predicted molar refractivity (Wildman–Crippen MR) is 44.8 cm³/mol. The van der Waals surface area contributed by atoms with Crippen LogP contribution in [0.5, 0.6) is 0 Å². The molecule has 1 aromatic rings. The van der Waals surface area contributed by atoms with Gasteiger partial charge in [-0.1, -0.05) is 11.5 Å². The van der Waals surface area contributed by atoms with Crippen molar-refractivity contribution in [3.05, 3.63) is 23.5 Å². The maximum absolute atomic E-state index is 11.4. The minimum Gasteiger partial charge on any atom is -0.292 e. The van der Waals surface area contributed by atoms with Crippen LogP contribution in [0.4, 0.5) is 0 Å². The number of hydrogen-bond donors (Lipinski definition) is 0. The smallest absolute Gasteiger partial charge is 0.185 e. The fraction of sp³-hybridized carbons (Fsp3) is 0.333. The highest BCUT2D eigenvalue weighted by atomic mass is 16.1. The van der Waals surface area contributed by atoms with E-state index in [1.165, 1.54) is 0 Å². The molecule has 1 heterocycles. The molecular formula is C9H6BNO. The van der Waals surface area contributed by atoms with Crippen molar-refractivity contribution >= 4 is 19.1 Å². The van der Waals surface area contributed by atoms with Gasteiger partial charge in [0.2, 0.25) is 0 Å². The second-order valence-corrected chi connectivity index (χ2v) is 3.52. The van der Waals surface area contributed by atoms with Gasteiger partial charge >= 0.3 is 0 Å². The van der Waals surface area contributed by atoms with Crippen LogP contribution >= 0.6 is 0 Å². The molecule has 0 amide bonds. The number of rotatable bonds is 0. The molecule has 2 nitrogen and oxygen atoms in total. The van der Waals surface area contributed by atoms with E-state index in [0.29, 0.717) is 17.1 Å². The summed E-state index contributed by atoms with van der Waals surface area (Å²) in [7, 11) is 5.58. The van der Waals surface area contributed by atoms with Crippen molar-refractivity contribution in [1.29, 1.82) is 0 Å². The Labute approximate surface area is 71.4 Å². The maximum Gasteiger partial charge on any atom is 0.185 e. The van der Waals surface area contributed by atoms with Crippen LogP contribution in [0.25, 0.3) is 0 Å². The first-order valence-electron chi connectivity index (χ1n) is 4.07. The van der Waals surface area contributed by atoms with Crippen LogP contribution in [-0.4, -0.2) is 18.6 Å². The average molecular weight is 155 g/mol. The monoisotopic (exact) mass is 155 g/mol. The maximum atomic E-state index is 11.4. The second-order valence-electron chi connectivity index (χ2n) is 3.52.